The Kier molecular flexibility index (Phi) is 54.1. The molecule has 4 amide bonds. The summed E-state index contributed by atoms with van der Waals surface area (Å²) < 4.78 is 58.0. The number of methoxy groups -OCH3 is 3. The van der Waals surface area contributed by atoms with E-state index in [9.17, 15) is 42.0 Å². The van der Waals surface area contributed by atoms with E-state index in [1.54, 1.807) is 104 Å². The lowest BCUT2D eigenvalue weighted by Gasteiger charge is -2.27. The first-order valence-corrected chi connectivity index (χ1v) is 48.9. The number of carbonyl (C=O) groups is 7. The molecule has 0 radical (unpaired) electrons. The molecule has 14 rings (SSSR count). The number of hydrogen-bond donors (Lipinski definition) is 2. The van der Waals surface area contributed by atoms with Gasteiger partial charge in [-0.1, -0.05) is 12.1 Å². The quantitative estimate of drug-likeness (QED) is 0.0322. The number of primary amides is 1. The average Bonchev–Trinajstić information content (AvgIpc) is 1.71. The van der Waals surface area contributed by atoms with E-state index >= 15 is 0 Å². The minimum Gasteiger partial charge on any atom is -0.462 e. The molecule has 720 valence electrons. The fourth-order valence-corrected chi connectivity index (χ4v) is 15.8. The number of rotatable bonds is 24. The zero-order valence-electron chi connectivity index (χ0n) is 80.0. The van der Waals surface area contributed by atoms with Gasteiger partial charge in [-0.3, -0.25) is 42.8 Å². The van der Waals surface area contributed by atoms with E-state index in [1.165, 1.54) is 118 Å². The summed E-state index contributed by atoms with van der Waals surface area (Å²) in [6, 6.07) is 8.73. The van der Waals surface area contributed by atoms with Gasteiger partial charge in [0.1, 0.15) is 17.4 Å². The first-order valence-electron chi connectivity index (χ1n) is 41.3. The molecule has 131 heavy (non-hydrogen) atoms. The fraction of sp³-hybridized carbons (Fsp3) is 0.494. The van der Waals surface area contributed by atoms with E-state index in [4.69, 9.17) is 33.9 Å². The zero-order valence-corrected chi connectivity index (χ0v) is 86.5. The van der Waals surface area contributed by atoms with Gasteiger partial charge in [0.2, 0.25) is 0 Å². The van der Waals surface area contributed by atoms with Crippen molar-refractivity contribution in [2.45, 2.75) is 149 Å². The minimum atomic E-state index is -3.18. The number of ether oxygens (including phenoxy) is 5. The largest absolute Gasteiger partial charge is 0.462 e. The van der Waals surface area contributed by atoms with Gasteiger partial charge in [0.15, 0.2) is 41.6 Å². The van der Waals surface area contributed by atoms with Crippen LogP contribution in [-0.4, -0.2) is 278 Å². The second-order valence-corrected chi connectivity index (χ2v) is 40.3. The molecule has 36 nitrogen and oxygen atoms in total. The van der Waals surface area contributed by atoms with Crippen molar-refractivity contribution >= 4 is 131 Å². The molecule has 2 aliphatic rings. The maximum atomic E-state index is 12.1. The molecule has 2 fully saturated rings. The number of nitrogens with one attached hydrogen (secondary N) is 1. The van der Waals surface area contributed by atoms with Gasteiger partial charge in [0.05, 0.1) is 74.7 Å². The summed E-state index contributed by atoms with van der Waals surface area (Å²) in [5, 5.41) is 26.3. The molecular formula is C87H129N21O15S8. The fourth-order valence-electron chi connectivity index (χ4n) is 10.1. The molecule has 0 aliphatic carbocycles. The van der Waals surface area contributed by atoms with E-state index in [-0.39, 0.29) is 42.0 Å². The zero-order chi connectivity index (χ0) is 98.0. The topological polar surface area (TPSA) is 425 Å². The molecule has 0 saturated carbocycles. The van der Waals surface area contributed by atoms with Crippen LogP contribution in [0.2, 0.25) is 0 Å². The van der Waals surface area contributed by atoms with E-state index in [1.807, 2.05) is 143 Å². The average molecular weight is 1970 g/mol. The number of aromatic nitrogens is 15. The Morgan fingerprint density at radius 3 is 1.31 bits per heavy atom. The van der Waals surface area contributed by atoms with E-state index in [0.29, 0.717) is 92.8 Å². The number of nitrogens with two attached hydrogens (primary N) is 1. The summed E-state index contributed by atoms with van der Waals surface area (Å²) in [5.74, 6) is 0.333. The first-order chi connectivity index (χ1) is 61.9. The normalized spacial score (nSPS) is 12.0. The Balaban J connectivity index is 0.000000370. The van der Waals surface area contributed by atoms with Gasteiger partial charge in [-0.25, -0.2) is 43.1 Å². The van der Waals surface area contributed by atoms with Crippen molar-refractivity contribution in [3.8, 4) is 0 Å². The van der Waals surface area contributed by atoms with Crippen molar-refractivity contribution in [3.05, 3.63) is 207 Å². The lowest BCUT2D eigenvalue weighted by Crippen LogP contribution is -2.43. The number of hydrogen-bond acceptors (Lipinski definition) is 35. The van der Waals surface area contributed by atoms with Gasteiger partial charge in [0, 0.05) is 197 Å². The molecular weight excluding hydrogens is 1840 g/mol. The Bertz CT molecular complexity index is 5400. The SMILES string of the molecule is CCC(=O)c1ncc(C)s1.CCOC(=O)c1ccc(C)s1.COCCN(CCOC)C(=O)c1ncc(C)s1.COCN(C)C(=O)c1ncc(C)s1.Cc1cc(C)n(C)n1.Cc1cc(C)on1.Cc1cnc(C(=O)CCCN(C)C)s1.Cc1cnc(C(=O)N(C)C)s1.Cc1cnc(C(N)=O)s1.Cc1cnn(C2CCOC2)c1.Cc1cnn(C2CNC2)c1.Cc1cnn(S(C)(=O)=O)c1. The standard InChI is InChI=1S/C11H18N2O3S.C10H16N2OS.C8H12N2O2S.C8H12N2O.C8H10O2S.C7H11N3.C7H10N2OS.C7H9NOS.C6H10N2.C5H8N2O2S.C5H6N2OS.C5H7NO/c1-9-8-12-10(17-9)11(14)13(4-6-15-2)5-7-16-3;1-8-7-11-10(14-8)9(13)5-4-6-12(2)3;1-6-4-9-7(13-6)8(11)10(2)5-12-3;1-7-4-9-10(5-7)8-2-3-11-6-8;1-3-10-8(9)7-5-4-6(2)11-7;1-6-2-9-10(5-6)7-3-8-4-7;1-5-4-8-6(11-5)7(10)9(2)3;1-3-6(9)7-8-4-5(2)10-7;1-5-4-6(2)8(3)7-5;1-5-3-6-7(4-5)10(2,8)9;1-3-2-7-5(9-3)4(6)8;1-4-3-5(2)7-6-4/h8H,4-7H2,1-3H3;7H,4-6H2,1-3H3;4H,5H2,1-3H3;4-5,8H,2-3,6H2,1H3;4-5H,3H2,1-2H3;2,5,7-8H,3-4H2,1H3;4H,1-3H3;4H,3H2,1-2H3;4H,1-3H3;3-4H,1-2H3;2H,1H3,(H2,6,8);3H,1-2H3. The highest BCUT2D eigenvalue weighted by atomic mass is 32.2. The predicted octanol–water partition coefficient (Wildman–Crippen LogP) is 14.1. The van der Waals surface area contributed by atoms with Crippen LogP contribution in [0.5, 0.6) is 0 Å². The smallest absolute Gasteiger partial charge is 0.348 e. The van der Waals surface area contributed by atoms with Crippen LogP contribution in [0.1, 0.15) is 194 Å². The van der Waals surface area contributed by atoms with Crippen LogP contribution in [0.3, 0.4) is 0 Å². The molecule has 2 aliphatic heterocycles. The second kappa shape index (κ2) is 61.6. The van der Waals surface area contributed by atoms with Gasteiger partial charge in [-0.05, 0) is 172 Å². The number of esters is 1. The Morgan fingerprint density at radius 1 is 0.542 bits per heavy atom. The maximum absolute atomic E-state index is 12.1. The van der Waals surface area contributed by atoms with E-state index in [0.717, 1.165) is 113 Å². The number of ketones is 2. The Labute approximate surface area is 797 Å². The van der Waals surface area contributed by atoms with Crippen LogP contribution >= 0.6 is 79.4 Å². The third-order valence-electron chi connectivity index (χ3n) is 16.9. The third kappa shape index (κ3) is 46.2. The number of Topliss-reactive ketones (excluding diaryl/α,β-unsaturated/α-hetero) is 2. The molecule has 12 aromatic heterocycles. The number of nitrogens with zero attached hydrogens (tertiary/aromatic N) is 19. The molecule has 1 atom stereocenters. The molecule has 12 aromatic rings. The maximum Gasteiger partial charge on any atom is 0.348 e. The molecule has 0 aromatic carbocycles. The second-order valence-electron chi connectivity index (χ2n) is 29.8. The number of aryl methyl sites for hydroxylation is 15. The van der Waals surface area contributed by atoms with Gasteiger partial charge >= 0.3 is 5.97 Å². The van der Waals surface area contributed by atoms with Crippen LogP contribution in [0.25, 0.3) is 0 Å². The van der Waals surface area contributed by atoms with Crippen molar-refractivity contribution in [3.63, 3.8) is 0 Å². The monoisotopic (exact) mass is 1960 g/mol. The number of thiazole rings is 6. The lowest BCUT2D eigenvalue weighted by molar-refractivity contribution is 0.0504. The highest BCUT2D eigenvalue weighted by Crippen LogP contribution is 2.21. The van der Waals surface area contributed by atoms with Gasteiger partial charge in [-0.2, -0.15) is 24.5 Å². The van der Waals surface area contributed by atoms with Crippen molar-refractivity contribution < 1.29 is 70.2 Å². The number of carbonyl (C=O) groups excluding carboxylic acids is 7. The molecule has 14 heterocycles. The number of thiophene rings is 1. The summed E-state index contributed by atoms with van der Waals surface area (Å²) in [6.07, 6.45) is 25.4. The van der Waals surface area contributed by atoms with Crippen LogP contribution < -0.4 is 11.1 Å². The minimum absolute atomic E-state index is 0.0249. The van der Waals surface area contributed by atoms with Gasteiger partial charge in [0.25, 0.3) is 33.7 Å². The summed E-state index contributed by atoms with van der Waals surface area (Å²) in [5.41, 5.74) is 11.5. The highest BCUT2D eigenvalue weighted by Gasteiger charge is 2.22. The summed E-state index contributed by atoms with van der Waals surface area (Å²) in [4.78, 5) is 118. The van der Waals surface area contributed by atoms with Crippen molar-refractivity contribution in [2.75, 3.05) is 135 Å². The first kappa shape index (κ1) is 115. The summed E-state index contributed by atoms with van der Waals surface area (Å²) >= 11 is 9.93. The van der Waals surface area contributed by atoms with Crippen LogP contribution in [-0.2, 0) is 40.8 Å². The van der Waals surface area contributed by atoms with Crippen LogP contribution in [0, 0.1) is 96.9 Å². The Morgan fingerprint density at radius 2 is 1.01 bits per heavy atom. The molecule has 3 N–H and O–H groups in total. The molecule has 44 heteroatoms. The Hall–Kier alpha value is -10.1. The molecule has 1 unspecified atom stereocenters. The van der Waals surface area contributed by atoms with Crippen molar-refractivity contribution in [2.24, 2.45) is 12.8 Å². The number of amides is 4. The van der Waals surface area contributed by atoms with Crippen LogP contribution in [0.15, 0.2) is 103 Å². The van der Waals surface area contributed by atoms with Gasteiger partial charge in [-0.15, -0.1) is 79.4 Å². The summed E-state index contributed by atoms with van der Waals surface area (Å²) in [6.45, 7) is 38.6. The molecule has 0 spiro atoms. The molecule has 0 bridgehead atoms. The molecule has 2 saturated heterocycles. The van der Waals surface area contributed by atoms with Crippen LogP contribution in [0.4, 0.5) is 0 Å². The van der Waals surface area contributed by atoms with Gasteiger partial charge < -0.3 is 58.9 Å². The van der Waals surface area contributed by atoms with E-state index in [2.05, 4.69) is 98.0 Å². The lowest BCUT2D eigenvalue weighted by atomic mass is 10.2. The third-order valence-corrected chi connectivity index (χ3v) is 24.3. The van der Waals surface area contributed by atoms with Crippen molar-refractivity contribution in [1.29, 1.82) is 0 Å². The van der Waals surface area contributed by atoms with E-state index < -0.39 is 15.9 Å². The highest BCUT2D eigenvalue weighted by molar-refractivity contribution is 7.89. The van der Waals surface area contributed by atoms with Crippen molar-refractivity contribution in [1.82, 2.24) is 98.5 Å². The predicted molar refractivity (Wildman–Crippen MR) is 519 cm³/mol. The summed E-state index contributed by atoms with van der Waals surface area (Å²) in [7, 11) is 12.7.